The minimum absolute atomic E-state index is 0.592. The van der Waals surface area contributed by atoms with Gasteiger partial charge in [-0.1, -0.05) is 18.2 Å². The Hall–Kier alpha value is -2.34. The summed E-state index contributed by atoms with van der Waals surface area (Å²) in [4.78, 5) is 4.24. The molecule has 18 heavy (non-hydrogen) atoms. The summed E-state index contributed by atoms with van der Waals surface area (Å²) in [6.07, 6.45) is 6.93. The Kier molecular flexibility index (Phi) is 5.99. The largest absolute Gasteiger partial charge is 0.497 e. The average Bonchev–Trinajstić information content (AvgIpc) is 2.43. The Morgan fingerprint density at radius 3 is 2.67 bits per heavy atom. The van der Waals surface area contributed by atoms with Crippen LogP contribution in [0.25, 0.3) is 0 Å². The summed E-state index contributed by atoms with van der Waals surface area (Å²) < 4.78 is 5.08. The molecule has 0 spiro atoms. The smallest absolute Gasteiger partial charge is 0.118 e. The van der Waals surface area contributed by atoms with Gasteiger partial charge in [0.05, 0.1) is 25.3 Å². The van der Waals surface area contributed by atoms with Gasteiger partial charge in [0.25, 0.3) is 0 Å². The van der Waals surface area contributed by atoms with Crippen LogP contribution in [0.2, 0.25) is 0 Å². The zero-order chi connectivity index (χ0) is 13.2. The molecular formula is C15H16N2O. The number of allylic oxidation sites excluding steroid dienone is 4. The molecule has 0 radical (unpaired) electrons. The molecule has 0 fully saturated rings. The second-order valence-corrected chi connectivity index (χ2v) is 3.57. The lowest BCUT2D eigenvalue weighted by atomic mass is 10.2. The molecule has 0 heterocycles. The first-order valence-electron chi connectivity index (χ1n) is 5.66. The van der Waals surface area contributed by atoms with Crippen LogP contribution in [-0.2, 0) is 6.54 Å². The quantitative estimate of drug-likeness (QED) is 0.450. The number of hydrogen-bond donors (Lipinski definition) is 0. The Labute approximate surface area is 108 Å². The molecule has 0 amide bonds. The molecule has 0 saturated heterocycles. The standard InChI is InChI=1S/C15H16N2O/c1-3-4-13(11-16)9-10-17-12-14-5-7-15(18-2)8-6-14/h3-10H,12H2,1-2H3/b4-3-,13-9+,17-10?. The lowest BCUT2D eigenvalue weighted by molar-refractivity contribution is 0.414. The van der Waals surface area contributed by atoms with Crippen molar-refractivity contribution in [3.63, 3.8) is 0 Å². The van der Waals surface area contributed by atoms with Crippen molar-refractivity contribution in [2.24, 2.45) is 4.99 Å². The predicted molar refractivity (Wildman–Crippen MR) is 73.7 cm³/mol. The molecule has 3 nitrogen and oxygen atoms in total. The van der Waals surface area contributed by atoms with E-state index in [4.69, 9.17) is 10.00 Å². The molecule has 0 aliphatic carbocycles. The zero-order valence-electron chi connectivity index (χ0n) is 10.6. The predicted octanol–water partition coefficient (Wildman–Crippen LogP) is 3.29. The van der Waals surface area contributed by atoms with Crippen molar-refractivity contribution in [1.29, 1.82) is 5.26 Å². The van der Waals surface area contributed by atoms with Gasteiger partial charge in [-0.05, 0) is 36.8 Å². The Balaban J connectivity index is 2.56. The Morgan fingerprint density at radius 1 is 1.39 bits per heavy atom. The number of hydrogen-bond acceptors (Lipinski definition) is 3. The van der Waals surface area contributed by atoms with E-state index < -0.39 is 0 Å². The molecule has 0 atom stereocenters. The molecule has 0 N–H and O–H groups in total. The number of methoxy groups -OCH3 is 1. The fourth-order valence-electron chi connectivity index (χ4n) is 1.33. The number of aliphatic imine (C=N–C) groups is 1. The summed E-state index contributed by atoms with van der Waals surface area (Å²) >= 11 is 0. The molecule has 0 unspecified atom stereocenters. The molecule has 3 heteroatoms. The van der Waals surface area contributed by atoms with Crippen molar-refractivity contribution < 1.29 is 4.74 Å². The summed E-state index contributed by atoms with van der Waals surface area (Å²) in [5.74, 6) is 0.836. The van der Waals surface area contributed by atoms with Gasteiger partial charge >= 0.3 is 0 Å². The van der Waals surface area contributed by atoms with E-state index in [1.165, 1.54) is 0 Å². The minimum Gasteiger partial charge on any atom is -0.497 e. The van der Waals surface area contributed by atoms with Gasteiger partial charge < -0.3 is 4.74 Å². The van der Waals surface area contributed by atoms with Gasteiger partial charge in [-0.15, -0.1) is 0 Å². The van der Waals surface area contributed by atoms with Crippen LogP contribution in [0, 0.1) is 11.3 Å². The molecule has 0 aliphatic heterocycles. The second kappa shape index (κ2) is 7.86. The van der Waals surface area contributed by atoms with Gasteiger partial charge in [0, 0.05) is 6.21 Å². The van der Waals surface area contributed by atoms with Gasteiger partial charge in [0.2, 0.25) is 0 Å². The molecule has 0 aliphatic rings. The molecule has 0 saturated carbocycles. The molecule has 1 aromatic rings. The third kappa shape index (κ3) is 4.67. The number of nitriles is 1. The van der Waals surface area contributed by atoms with Crippen LogP contribution in [0.15, 0.2) is 53.1 Å². The highest BCUT2D eigenvalue weighted by Gasteiger charge is 1.91. The van der Waals surface area contributed by atoms with Crippen LogP contribution >= 0.6 is 0 Å². The normalized spacial score (nSPS) is 11.9. The first-order valence-corrected chi connectivity index (χ1v) is 5.66. The van der Waals surface area contributed by atoms with Gasteiger partial charge in [0.1, 0.15) is 5.75 Å². The number of ether oxygens (including phenoxy) is 1. The summed E-state index contributed by atoms with van der Waals surface area (Å²) in [7, 11) is 1.64. The highest BCUT2D eigenvalue weighted by Crippen LogP contribution is 2.11. The third-order valence-electron chi connectivity index (χ3n) is 2.27. The summed E-state index contributed by atoms with van der Waals surface area (Å²) in [6, 6.07) is 9.83. The minimum atomic E-state index is 0.592. The Bertz CT molecular complexity index is 490. The van der Waals surface area contributed by atoms with Crippen molar-refractivity contribution in [1.82, 2.24) is 0 Å². The summed E-state index contributed by atoms with van der Waals surface area (Å²) in [5, 5.41) is 8.79. The molecule has 1 aromatic carbocycles. The molecule has 0 aromatic heterocycles. The maximum atomic E-state index is 8.79. The van der Waals surface area contributed by atoms with E-state index in [0.717, 1.165) is 11.3 Å². The number of benzene rings is 1. The first-order chi connectivity index (χ1) is 8.80. The van der Waals surface area contributed by atoms with Crippen molar-refractivity contribution >= 4 is 6.21 Å². The number of rotatable bonds is 5. The van der Waals surface area contributed by atoms with Crippen LogP contribution in [0.3, 0.4) is 0 Å². The molecule has 92 valence electrons. The highest BCUT2D eigenvalue weighted by molar-refractivity contribution is 5.74. The van der Waals surface area contributed by atoms with Crippen LogP contribution in [-0.4, -0.2) is 13.3 Å². The SMILES string of the molecule is C/C=C\C(C#N)=C/C=NCc1ccc(OC)cc1. The maximum absolute atomic E-state index is 8.79. The molecule has 1 rings (SSSR count). The van der Waals surface area contributed by atoms with Crippen LogP contribution in [0.4, 0.5) is 0 Å². The average molecular weight is 240 g/mol. The third-order valence-corrected chi connectivity index (χ3v) is 2.27. The fraction of sp³-hybridized carbons (Fsp3) is 0.200. The monoisotopic (exact) mass is 240 g/mol. The fourth-order valence-corrected chi connectivity index (χ4v) is 1.33. The van der Waals surface area contributed by atoms with E-state index in [2.05, 4.69) is 11.1 Å². The maximum Gasteiger partial charge on any atom is 0.118 e. The molecule has 0 bridgehead atoms. The van der Waals surface area contributed by atoms with Crippen molar-refractivity contribution in [3.05, 3.63) is 53.6 Å². The summed E-state index contributed by atoms with van der Waals surface area (Å²) in [6.45, 7) is 2.47. The van der Waals surface area contributed by atoms with E-state index in [0.29, 0.717) is 12.1 Å². The van der Waals surface area contributed by atoms with Crippen molar-refractivity contribution in [2.75, 3.05) is 7.11 Å². The second-order valence-electron chi connectivity index (χ2n) is 3.57. The lowest BCUT2D eigenvalue weighted by Gasteiger charge is -1.99. The lowest BCUT2D eigenvalue weighted by Crippen LogP contribution is -1.85. The summed E-state index contributed by atoms with van der Waals surface area (Å²) in [5.41, 5.74) is 1.70. The van der Waals surface area contributed by atoms with E-state index in [9.17, 15) is 0 Å². The van der Waals surface area contributed by atoms with Gasteiger partial charge in [-0.25, -0.2) is 0 Å². The highest BCUT2D eigenvalue weighted by atomic mass is 16.5. The molecular weight excluding hydrogens is 224 g/mol. The van der Waals surface area contributed by atoms with E-state index in [1.54, 1.807) is 25.5 Å². The van der Waals surface area contributed by atoms with Crippen LogP contribution in [0.5, 0.6) is 5.75 Å². The van der Waals surface area contributed by atoms with Crippen molar-refractivity contribution in [3.8, 4) is 11.8 Å². The van der Waals surface area contributed by atoms with Gasteiger partial charge in [0.15, 0.2) is 0 Å². The Morgan fingerprint density at radius 2 is 2.11 bits per heavy atom. The van der Waals surface area contributed by atoms with E-state index in [-0.39, 0.29) is 0 Å². The first kappa shape index (κ1) is 13.7. The topological polar surface area (TPSA) is 45.4 Å². The van der Waals surface area contributed by atoms with Gasteiger partial charge in [-0.3, -0.25) is 4.99 Å². The van der Waals surface area contributed by atoms with Crippen LogP contribution in [0.1, 0.15) is 12.5 Å². The van der Waals surface area contributed by atoms with Gasteiger partial charge in [-0.2, -0.15) is 5.26 Å². The van der Waals surface area contributed by atoms with E-state index in [1.807, 2.05) is 37.3 Å². The van der Waals surface area contributed by atoms with Crippen molar-refractivity contribution in [2.45, 2.75) is 13.5 Å². The number of nitrogens with zero attached hydrogens (tertiary/aromatic N) is 2. The van der Waals surface area contributed by atoms with E-state index >= 15 is 0 Å². The van der Waals surface area contributed by atoms with Crippen LogP contribution < -0.4 is 4.74 Å². The zero-order valence-corrected chi connectivity index (χ0v) is 10.6.